The highest BCUT2D eigenvalue weighted by atomic mass is 19.1. The van der Waals surface area contributed by atoms with Gasteiger partial charge in [0.1, 0.15) is 17.2 Å². The summed E-state index contributed by atoms with van der Waals surface area (Å²) in [5.74, 6) is -0.784. The first kappa shape index (κ1) is 17.5. The highest BCUT2D eigenvalue weighted by Gasteiger charge is 2.13. The van der Waals surface area contributed by atoms with Crippen LogP contribution in [0.4, 0.5) is 4.39 Å². The molecule has 0 saturated heterocycles. The van der Waals surface area contributed by atoms with Crippen molar-refractivity contribution in [2.24, 2.45) is 14.1 Å². The van der Waals surface area contributed by atoms with E-state index < -0.39 is 17.2 Å². The van der Waals surface area contributed by atoms with Crippen LogP contribution in [0.15, 0.2) is 46.0 Å². The number of nitrogens with zero attached hydrogens (tertiary/aromatic N) is 3. The normalized spacial score (nSPS) is 10.9. The fourth-order valence-electron chi connectivity index (χ4n) is 2.68. The van der Waals surface area contributed by atoms with Crippen molar-refractivity contribution in [3.8, 4) is 0 Å². The molecule has 8 heteroatoms. The van der Waals surface area contributed by atoms with Gasteiger partial charge in [-0.2, -0.15) is 0 Å². The van der Waals surface area contributed by atoms with Gasteiger partial charge in [-0.05, 0) is 30.2 Å². The number of rotatable bonds is 4. The van der Waals surface area contributed by atoms with Crippen LogP contribution in [0.1, 0.15) is 16.1 Å². The number of carbonyl (C=O) groups excluding carboxylic acids is 1. The highest BCUT2D eigenvalue weighted by molar-refractivity contribution is 5.94. The van der Waals surface area contributed by atoms with Gasteiger partial charge in [-0.15, -0.1) is 0 Å². The minimum absolute atomic E-state index is 0.0780. The van der Waals surface area contributed by atoms with Crippen molar-refractivity contribution in [3.63, 3.8) is 0 Å². The number of carbonyl (C=O) groups is 1. The third-order valence-corrected chi connectivity index (χ3v) is 4.17. The monoisotopic (exact) mass is 356 g/mol. The Labute approximate surface area is 147 Å². The molecule has 2 heterocycles. The van der Waals surface area contributed by atoms with E-state index in [1.807, 2.05) is 0 Å². The van der Waals surface area contributed by atoms with Crippen molar-refractivity contribution in [1.29, 1.82) is 0 Å². The van der Waals surface area contributed by atoms with E-state index in [4.69, 9.17) is 0 Å². The molecular weight excluding hydrogens is 339 g/mol. The van der Waals surface area contributed by atoms with Gasteiger partial charge in [0.2, 0.25) is 0 Å². The van der Waals surface area contributed by atoms with Crippen LogP contribution in [-0.4, -0.2) is 26.6 Å². The van der Waals surface area contributed by atoms with Crippen molar-refractivity contribution < 1.29 is 9.18 Å². The van der Waals surface area contributed by atoms with Crippen molar-refractivity contribution in [2.75, 3.05) is 6.54 Å². The molecule has 2 aromatic heterocycles. The van der Waals surface area contributed by atoms with Crippen LogP contribution in [-0.2, 0) is 20.5 Å². The maximum atomic E-state index is 13.6. The Morgan fingerprint density at radius 3 is 2.58 bits per heavy atom. The van der Waals surface area contributed by atoms with Gasteiger partial charge in [-0.3, -0.25) is 18.7 Å². The molecule has 1 N–H and O–H groups in total. The van der Waals surface area contributed by atoms with Gasteiger partial charge in [0.15, 0.2) is 0 Å². The molecule has 0 aliphatic heterocycles. The van der Waals surface area contributed by atoms with Crippen molar-refractivity contribution >= 4 is 16.9 Å². The van der Waals surface area contributed by atoms with E-state index in [1.165, 1.54) is 36.9 Å². The number of amides is 1. The van der Waals surface area contributed by atoms with Gasteiger partial charge < -0.3 is 5.32 Å². The number of halogens is 1. The Morgan fingerprint density at radius 1 is 1.12 bits per heavy atom. The number of hydrogen-bond donors (Lipinski definition) is 1. The summed E-state index contributed by atoms with van der Waals surface area (Å²) in [5, 5.41) is 2.91. The molecule has 134 valence electrons. The average molecular weight is 356 g/mol. The molecule has 0 bridgehead atoms. The Hall–Kier alpha value is -3.29. The quantitative estimate of drug-likeness (QED) is 0.747. The van der Waals surface area contributed by atoms with Gasteiger partial charge >= 0.3 is 5.69 Å². The third-order valence-electron chi connectivity index (χ3n) is 4.17. The predicted molar refractivity (Wildman–Crippen MR) is 94.7 cm³/mol. The highest BCUT2D eigenvalue weighted by Crippen LogP contribution is 2.08. The van der Waals surface area contributed by atoms with E-state index in [1.54, 1.807) is 18.2 Å². The zero-order chi connectivity index (χ0) is 18.8. The lowest BCUT2D eigenvalue weighted by molar-refractivity contribution is 0.0949. The Morgan fingerprint density at radius 2 is 1.85 bits per heavy atom. The molecule has 0 aliphatic rings. The molecule has 0 unspecified atom stereocenters. The number of hydrogen-bond acceptors (Lipinski definition) is 4. The number of fused-ring (bicyclic) bond motifs is 1. The number of benzene rings is 1. The fraction of sp³-hybridized carbons (Fsp3) is 0.222. The SMILES string of the molecule is Cn1c(=O)c2ccc(C(=O)NCCc3ccccc3F)nc2n(C)c1=O. The zero-order valence-electron chi connectivity index (χ0n) is 14.3. The second kappa shape index (κ2) is 6.91. The largest absolute Gasteiger partial charge is 0.350 e. The maximum Gasteiger partial charge on any atom is 0.332 e. The molecule has 3 aromatic rings. The van der Waals surface area contributed by atoms with Crippen molar-refractivity contribution in [3.05, 3.63) is 74.3 Å². The number of aromatic nitrogens is 3. The summed E-state index contributed by atoms with van der Waals surface area (Å²) in [6.07, 6.45) is 0.338. The average Bonchev–Trinajstić information content (AvgIpc) is 2.65. The van der Waals surface area contributed by atoms with E-state index >= 15 is 0 Å². The summed E-state index contributed by atoms with van der Waals surface area (Å²) >= 11 is 0. The van der Waals surface area contributed by atoms with Crippen LogP contribution in [0.2, 0.25) is 0 Å². The van der Waals surface area contributed by atoms with Gasteiger partial charge in [-0.25, -0.2) is 14.2 Å². The van der Waals surface area contributed by atoms with Crippen LogP contribution in [0, 0.1) is 5.82 Å². The molecule has 26 heavy (non-hydrogen) atoms. The molecule has 0 fully saturated rings. The standard InChI is InChI=1S/C18H17FN4O3/c1-22-15-12(17(25)23(2)18(22)26)7-8-14(21-15)16(24)20-10-9-11-5-3-4-6-13(11)19/h3-8H,9-10H2,1-2H3,(H,20,24). The van der Waals surface area contributed by atoms with E-state index in [0.717, 1.165) is 4.57 Å². The molecule has 0 atom stereocenters. The number of aryl methyl sites for hydroxylation is 1. The summed E-state index contributed by atoms with van der Waals surface area (Å²) in [6.45, 7) is 0.231. The molecular formula is C18H17FN4O3. The first-order chi connectivity index (χ1) is 12.4. The van der Waals surface area contributed by atoms with Gasteiger partial charge in [0.05, 0.1) is 5.39 Å². The van der Waals surface area contributed by atoms with E-state index in [9.17, 15) is 18.8 Å². The number of nitrogens with one attached hydrogen (secondary N) is 1. The molecule has 7 nitrogen and oxygen atoms in total. The Bertz CT molecular complexity index is 1120. The lowest BCUT2D eigenvalue weighted by atomic mass is 10.1. The van der Waals surface area contributed by atoms with Gasteiger partial charge in [-0.1, -0.05) is 18.2 Å². The van der Waals surface area contributed by atoms with E-state index in [0.29, 0.717) is 12.0 Å². The van der Waals surface area contributed by atoms with Crippen LogP contribution >= 0.6 is 0 Å². The molecule has 0 radical (unpaired) electrons. The van der Waals surface area contributed by atoms with Crippen LogP contribution in [0.25, 0.3) is 11.0 Å². The lowest BCUT2D eigenvalue weighted by Gasteiger charge is -2.09. The van der Waals surface area contributed by atoms with Crippen molar-refractivity contribution in [2.45, 2.75) is 6.42 Å². The maximum absolute atomic E-state index is 13.6. The van der Waals surface area contributed by atoms with Gasteiger partial charge in [0.25, 0.3) is 11.5 Å². The first-order valence-electron chi connectivity index (χ1n) is 7.98. The molecule has 3 rings (SSSR count). The summed E-state index contributed by atoms with van der Waals surface area (Å²) in [5.41, 5.74) is -0.270. The van der Waals surface area contributed by atoms with E-state index in [-0.39, 0.29) is 29.1 Å². The smallest absolute Gasteiger partial charge is 0.332 e. The molecule has 0 spiro atoms. The van der Waals surface area contributed by atoms with Crippen LogP contribution in [0.3, 0.4) is 0 Å². The minimum atomic E-state index is -0.521. The van der Waals surface area contributed by atoms with Crippen LogP contribution < -0.4 is 16.6 Å². The second-order valence-electron chi connectivity index (χ2n) is 5.87. The predicted octanol–water partition coefficient (Wildman–Crippen LogP) is 0.744. The fourth-order valence-corrected chi connectivity index (χ4v) is 2.68. The van der Waals surface area contributed by atoms with E-state index in [2.05, 4.69) is 10.3 Å². The summed E-state index contributed by atoms with van der Waals surface area (Å²) in [4.78, 5) is 40.5. The lowest BCUT2D eigenvalue weighted by Crippen LogP contribution is -2.37. The summed E-state index contributed by atoms with van der Waals surface area (Å²) in [7, 11) is 2.87. The summed E-state index contributed by atoms with van der Waals surface area (Å²) in [6, 6.07) is 9.24. The van der Waals surface area contributed by atoms with Gasteiger partial charge in [0, 0.05) is 20.6 Å². The molecule has 0 saturated carbocycles. The van der Waals surface area contributed by atoms with Crippen molar-refractivity contribution in [1.82, 2.24) is 19.4 Å². The topological polar surface area (TPSA) is 86.0 Å². The molecule has 1 amide bonds. The third kappa shape index (κ3) is 3.13. The second-order valence-corrected chi connectivity index (χ2v) is 5.87. The number of pyridine rings is 1. The first-order valence-corrected chi connectivity index (χ1v) is 7.98. The zero-order valence-corrected chi connectivity index (χ0v) is 14.3. The Kier molecular flexibility index (Phi) is 4.66. The molecule has 1 aromatic carbocycles. The Balaban J connectivity index is 1.82. The van der Waals surface area contributed by atoms with Crippen LogP contribution in [0.5, 0.6) is 0 Å². The summed E-state index contributed by atoms with van der Waals surface area (Å²) < 4.78 is 15.8. The minimum Gasteiger partial charge on any atom is -0.350 e. The molecule has 0 aliphatic carbocycles.